The van der Waals surface area contributed by atoms with Crippen LogP contribution in [0, 0.1) is 28.1 Å². The number of hydrogen-bond donors (Lipinski definition) is 1. The highest BCUT2D eigenvalue weighted by atomic mass is 16.6. The molecule has 0 radical (unpaired) electrons. The predicted molar refractivity (Wildman–Crippen MR) is 99.9 cm³/mol. The van der Waals surface area contributed by atoms with Crippen molar-refractivity contribution in [1.82, 2.24) is 0 Å². The highest BCUT2D eigenvalue weighted by Gasteiger charge is 2.62. The van der Waals surface area contributed by atoms with Crippen LogP contribution in [0.4, 0.5) is 0 Å². The Morgan fingerprint density at radius 3 is 2.60 bits per heavy atom. The van der Waals surface area contributed by atoms with E-state index in [0.29, 0.717) is 18.3 Å². The van der Waals surface area contributed by atoms with Gasteiger partial charge in [0.25, 0.3) is 0 Å². The Bertz CT molecular complexity index is 604. The molecule has 0 spiro atoms. The average molecular weight is 347 g/mol. The fourth-order valence-electron chi connectivity index (χ4n) is 6.44. The van der Waals surface area contributed by atoms with Gasteiger partial charge in [0, 0.05) is 17.8 Å². The van der Waals surface area contributed by atoms with E-state index in [-0.39, 0.29) is 22.2 Å². The topological polar surface area (TPSA) is 46.5 Å². The molecule has 2 fully saturated rings. The zero-order valence-electron chi connectivity index (χ0n) is 16.5. The lowest BCUT2D eigenvalue weighted by Gasteiger charge is -2.62. The molecule has 6 atom stereocenters. The molecule has 3 aliphatic rings. The fourth-order valence-corrected chi connectivity index (χ4v) is 6.44. The number of rotatable bonds is 2. The van der Waals surface area contributed by atoms with Crippen molar-refractivity contribution >= 4 is 5.97 Å². The van der Waals surface area contributed by atoms with Crippen LogP contribution >= 0.6 is 0 Å². The molecule has 0 aromatic heterocycles. The van der Waals surface area contributed by atoms with Crippen LogP contribution in [0.1, 0.15) is 66.7 Å². The Morgan fingerprint density at radius 2 is 2.00 bits per heavy atom. The Kier molecular flexibility index (Phi) is 4.47. The van der Waals surface area contributed by atoms with Crippen molar-refractivity contribution < 1.29 is 14.6 Å². The smallest absolute Gasteiger partial charge is 0.303 e. The van der Waals surface area contributed by atoms with Gasteiger partial charge in [-0.3, -0.25) is 4.79 Å². The number of ether oxygens (including phenoxy) is 1. The number of esters is 1. The van der Waals surface area contributed by atoms with Crippen molar-refractivity contribution in [2.24, 2.45) is 28.1 Å². The van der Waals surface area contributed by atoms with Crippen molar-refractivity contribution in [3.05, 3.63) is 24.3 Å². The summed E-state index contributed by atoms with van der Waals surface area (Å²) in [5.74, 6) is 0.535. The third-order valence-electron chi connectivity index (χ3n) is 7.56. The summed E-state index contributed by atoms with van der Waals surface area (Å²) in [7, 11) is 0. The number of carbonyl (C=O) groups excluding carboxylic acids is 1. The van der Waals surface area contributed by atoms with Crippen LogP contribution in [-0.4, -0.2) is 23.3 Å². The van der Waals surface area contributed by atoms with Gasteiger partial charge in [-0.25, -0.2) is 0 Å². The van der Waals surface area contributed by atoms with Gasteiger partial charge in [-0.15, -0.1) is 6.58 Å². The fraction of sp³-hybridized carbons (Fsp3) is 0.773. The predicted octanol–water partition coefficient (Wildman–Crippen LogP) is 4.65. The molecule has 0 bridgehead atoms. The van der Waals surface area contributed by atoms with E-state index in [1.165, 1.54) is 12.5 Å². The Hall–Kier alpha value is -1.09. The van der Waals surface area contributed by atoms with Gasteiger partial charge >= 0.3 is 5.97 Å². The maximum absolute atomic E-state index is 11.8. The third kappa shape index (κ3) is 2.89. The van der Waals surface area contributed by atoms with Crippen LogP contribution in [0.25, 0.3) is 0 Å². The second-order valence-corrected chi connectivity index (χ2v) is 9.77. The molecule has 25 heavy (non-hydrogen) atoms. The van der Waals surface area contributed by atoms with Crippen molar-refractivity contribution in [2.75, 3.05) is 0 Å². The monoisotopic (exact) mass is 346 g/mol. The largest absolute Gasteiger partial charge is 0.459 e. The molecule has 0 unspecified atom stereocenters. The lowest BCUT2D eigenvalue weighted by atomic mass is 9.44. The van der Waals surface area contributed by atoms with E-state index < -0.39 is 12.2 Å². The van der Waals surface area contributed by atoms with E-state index in [2.05, 4.69) is 46.4 Å². The van der Waals surface area contributed by atoms with Crippen LogP contribution in [0.2, 0.25) is 0 Å². The molecule has 3 rings (SSSR count). The van der Waals surface area contributed by atoms with E-state index in [1.54, 1.807) is 0 Å². The molecular formula is C22H34O3. The maximum atomic E-state index is 11.8. The summed E-state index contributed by atoms with van der Waals surface area (Å²) in [6, 6.07) is 0. The molecule has 0 amide bonds. The van der Waals surface area contributed by atoms with Crippen molar-refractivity contribution in [1.29, 1.82) is 0 Å². The van der Waals surface area contributed by atoms with E-state index in [1.807, 2.05) is 0 Å². The highest BCUT2D eigenvalue weighted by Crippen LogP contribution is 2.64. The number of fused-ring (bicyclic) bond motifs is 3. The van der Waals surface area contributed by atoms with Gasteiger partial charge in [0.1, 0.15) is 6.10 Å². The molecule has 0 aliphatic heterocycles. The van der Waals surface area contributed by atoms with Gasteiger partial charge in [-0.05, 0) is 49.4 Å². The Morgan fingerprint density at radius 1 is 1.32 bits per heavy atom. The number of aliphatic hydroxyl groups is 1. The summed E-state index contributed by atoms with van der Waals surface area (Å²) in [6.45, 7) is 14.5. The Labute approximate surface area is 152 Å². The Balaban J connectivity index is 2.07. The lowest BCUT2D eigenvalue weighted by Crippen LogP contribution is -2.63. The van der Waals surface area contributed by atoms with Gasteiger partial charge < -0.3 is 9.84 Å². The molecular weight excluding hydrogens is 312 g/mol. The minimum Gasteiger partial charge on any atom is -0.459 e. The number of hydrogen-bond acceptors (Lipinski definition) is 3. The van der Waals surface area contributed by atoms with Crippen molar-refractivity contribution in [3.63, 3.8) is 0 Å². The second-order valence-electron chi connectivity index (χ2n) is 9.77. The van der Waals surface area contributed by atoms with Crippen molar-refractivity contribution in [2.45, 2.75) is 78.9 Å². The first kappa shape index (κ1) is 18.7. The normalized spacial score (nSPS) is 45.6. The maximum Gasteiger partial charge on any atom is 0.303 e. The minimum absolute atomic E-state index is 0.0511. The summed E-state index contributed by atoms with van der Waals surface area (Å²) in [6.07, 6.45) is 8.52. The highest BCUT2D eigenvalue weighted by molar-refractivity contribution is 5.66. The molecule has 3 heteroatoms. The summed E-state index contributed by atoms with van der Waals surface area (Å²) in [4.78, 5) is 11.8. The van der Waals surface area contributed by atoms with Gasteiger partial charge in [0.2, 0.25) is 0 Å². The minimum atomic E-state index is -0.591. The first-order chi connectivity index (χ1) is 11.5. The van der Waals surface area contributed by atoms with Crippen LogP contribution in [0.15, 0.2) is 24.3 Å². The molecule has 1 N–H and O–H groups in total. The van der Waals surface area contributed by atoms with Crippen molar-refractivity contribution in [3.8, 4) is 0 Å². The number of aliphatic hydroxyl groups excluding tert-OH is 1. The lowest BCUT2D eigenvalue weighted by molar-refractivity contribution is -0.213. The first-order valence-electron chi connectivity index (χ1n) is 9.74. The van der Waals surface area contributed by atoms with E-state index >= 15 is 0 Å². The quantitative estimate of drug-likeness (QED) is 0.584. The molecule has 0 heterocycles. The van der Waals surface area contributed by atoms with Gasteiger partial charge in [-0.2, -0.15) is 0 Å². The van der Waals surface area contributed by atoms with E-state index in [9.17, 15) is 9.90 Å². The average Bonchev–Trinajstić information content (AvgIpc) is 2.50. The van der Waals surface area contributed by atoms with Gasteiger partial charge in [-0.1, -0.05) is 45.4 Å². The second kappa shape index (κ2) is 5.97. The molecule has 3 aliphatic carbocycles. The van der Waals surface area contributed by atoms with Crippen LogP contribution in [0.3, 0.4) is 0 Å². The molecule has 140 valence electrons. The standard InChI is InChI=1S/C22H34O3/c1-7-21(5)11-10-16-15(12-21)8-9-18-20(3,4)13-17(24)19(22(16,18)6)25-14(2)23/h7,12,16-19,24H,1,8-11,13H2,2-6H3/t16-,17-,18-,19-,21-,22+/m0/s1. The zero-order valence-corrected chi connectivity index (χ0v) is 16.5. The summed E-state index contributed by atoms with van der Waals surface area (Å²) in [5.41, 5.74) is 1.39. The molecule has 0 aromatic rings. The summed E-state index contributed by atoms with van der Waals surface area (Å²) < 4.78 is 5.76. The van der Waals surface area contributed by atoms with E-state index in [4.69, 9.17) is 4.74 Å². The van der Waals surface area contributed by atoms with Crippen LogP contribution < -0.4 is 0 Å². The van der Waals surface area contributed by atoms with Gasteiger partial charge in [0.05, 0.1) is 6.10 Å². The first-order valence-corrected chi connectivity index (χ1v) is 9.74. The molecule has 3 nitrogen and oxygen atoms in total. The van der Waals surface area contributed by atoms with Crippen LogP contribution in [-0.2, 0) is 9.53 Å². The number of carbonyl (C=O) groups is 1. The van der Waals surface area contributed by atoms with Gasteiger partial charge in [0.15, 0.2) is 0 Å². The molecule has 2 saturated carbocycles. The molecule has 0 aromatic carbocycles. The number of allylic oxidation sites excluding steroid dienone is 3. The van der Waals surface area contributed by atoms with Crippen LogP contribution in [0.5, 0.6) is 0 Å². The summed E-state index contributed by atoms with van der Waals surface area (Å²) >= 11 is 0. The zero-order chi connectivity index (χ0) is 18.6. The third-order valence-corrected chi connectivity index (χ3v) is 7.56. The summed E-state index contributed by atoms with van der Waals surface area (Å²) in [5, 5.41) is 10.9. The SMILES string of the molecule is C=C[C@]1(C)C=C2CC[C@H]3C(C)(C)C[C@H](O)[C@H](OC(C)=O)[C@]3(C)[C@H]2CC1. The van der Waals surface area contributed by atoms with E-state index in [0.717, 1.165) is 25.7 Å². The molecule has 0 saturated heterocycles.